The summed E-state index contributed by atoms with van der Waals surface area (Å²) in [4.78, 5) is 21.9. The van der Waals surface area contributed by atoms with Gasteiger partial charge in [0.2, 0.25) is 0 Å². The number of halogens is 2. The Morgan fingerprint density at radius 2 is 2.19 bits per heavy atom. The van der Waals surface area contributed by atoms with Gasteiger partial charge in [-0.15, -0.1) is 0 Å². The van der Waals surface area contributed by atoms with Crippen molar-refractivity contribution in [2.24, 2.45) is 5.16 Å². The highest BCUT2D eigenvalue weighted by molar-refractivity contribution is 6.39. The molecular formula is C19H25F2N3O2. The van der Waals surface area contributed by atoms with E-state index in [0.29, 0.717) is 30.8 Å². The Labute approximate surface area is 152 Å². The zero-order chi connectivity index (χ0) is 18.9. The van der Waals surface area contributed by atoms with Crippen LogP contribution in [-0.4, -0.2) is 53.2 Å². The fraction of sp³-hybridized carbons (Fsp3) is 0.579. The molecule has 26 heavy (non-hydrogen) atoms. The molecule has 0 bridgehead atoms. The first-order chi connectivity index (χ1) is 12.3. The topological polar surface area (TPSA) is 45.1 Å². The van der Waals surface area contributed by atoms with Gasteiger partial charge in [-0.1, -0.05) is 11.2 Å². The minimum Gasteiger partial charge on any atom is -0.387 e. The molecule has 2 aliphatic heterocycles. The summed E-state index contributed by atoms with van der Waals surface area (Å²) in [6, 6.07) is 3.74. The van der Waals surface area contributed by atoms with Gasteiger partial charge in [-0.25, -0.2) is 8.78 Å². The second kappa shape index (κ2) is 7.31. The molecule has 1 saturated heterocycles. The Bertz CT molecular complexity index is 723. The van der Waals surface area contributed by atoms with Crippen molar-refractivity contribution in [3.05, 3.63) is 35.4 Å². The monoisotopic (exact) mass is 365 g/mol. The fourth-order valence-corrected chi connectivity index (χ4v) is 3.51. The van der Waals surface area contributed by atoms with E-state index in [-0.39, 0.29) is 11.9 Å². The average Bonchev–Trinajstić information content (AvgIpc) is 2.99. The molecule has 0 radical (unpaired) electrons. The SMILES string of the molecule is CC(C)N(C)C(=O)C1=NOC2(CCCN(Cc3ccc(F)cc3F)C2)C1. The molecule has 0 N–H and O–H groups in total. The predicted octanol–water partition coefficient (Wildman–Crippen LogP) is 2.94. The molecule has 5 nitrogen and oxygen atoms in total. The van der Waals surface area contributed by atoms with Gasteiger partial charge in [-0.3, -0.25) is 9.69 Å². The minimum atomic E-state index is -0.577. The maximum Gasteiger partial charge on any atom is 0.271 e. The summed E-state index contributed by atoms with van der Waals surface area (Å²) in [7, 11) is 1.75. The van der Waals surface area contributed by atoms with E-state index < -0.39 is 17.2 Å². The van der Waals surface area contributed by atoms with Crippen molar-refractivity contribution in [2.45, 2.75) is 51.3 Å². The van der Waals surface area contributed by atoms with E-state index in [1.165, 1.54) is 12.1 Å². The standard InChI is InChI=1S/C19H25F2N3O2/c1-13(2)23(3)18(25)17-10-19(26-22-17)7-4-8-24(12-19)11-14-5-6-15(20)9-16(14)21/h5-6,9,13H,4,7-8,10-12H2,1-3H3. The number of benzene rings is 1. The van der Waals surface area contributed by atoms with Crippen LogP contribution in [0.15, 0.2) is 23.4 Å². The summed E-state index contributed by atoms with van der Waals surface area (Å²) in [5.74, 6) is -1.23. The van der Waals surface area contributed by atoms with Gasteiger partial charge in [-0.2, -0.15) is 0 Å². The number of hydrogen-bond acceptors (Lipinski definition) is 4. The normalized spacial score (nSPS) is 23.2. The maximum atomic E-state index is 13.9. The lowest BCUT2D eigenvalue weighted by Crippen LogP contribution is -2.49. The molecule has 2 aliphatic rings. The molecule has 0 aromatic heterocycles. The number of rotatable bonds is 4. The van der Waals surface area contributed by atoms with Gasteiger partial charge in [0.05, 0.1) is 0 Å². The quantitative estimate of drug-likeness (QED) is 0.824. The van der Waals surface area contributed by atoms with Crippen LogP contribution < -0.4 is 0 Å². The number of piperidine rings is 1. The number of oxime groups is 1. The second-order valence-electron chi connectivity index (χ2n) is 7.55. The molecule has 1 fully saturated rings. The van der Waals surface area contributed by atoms with Crippen LogP contribution in [0, 0.1) is 11.6 Å². The van der Waals surface area contributed by atoms with Crippen LogP contribution in [0.2, 0.25) is 0 Å². The maximum absolute atomic E-state index is 13.9. The molecular weight excluding hydrogens is 340 g/mol. The Hall–Kier alpha value is -2.02. The minimum absolute atomic E-state index is 0.0889. The van der Waals surface area contributed by atoms with E-state index in [0.717, 1.165) is 25.5 Å². The van der Waals surface area contributed by atoms with Crippen LogP contribution in [0.1, 0.15) is 38.7 Å². The fourth-order valence-electron chi connectivity index (χ4n) is 3.51. The first-order valence-corrected chi connectivity index (χ1v) is 8.98. The zero-order valence-electron chi connectivity index (χ0n) is 15.5. The Morgan fingerprint density at radius 3 is 2.88 bits per heavy atom. The summed E-state index contributed by atoms with van der Waals surface area (Å²) in [6.45, 7) is 5.65. The van der Waals surface area contributed by atoms with Crippen LogP contribution in [0.5, 0.6) is 0 Å². The molecule has 1 aromatic carbocycles. The number of likely N-dealkylation sites (tertiary alicyclic amines) is 1. The van der Waals surface area contributed by atoms with E-state index >= 15 is 0 Å². The van der Waals surface area contributed by atoms with Gasteiger partial charge < -0.3 is 9.74 Å². The number of amides is 1. The lowest BCUT2D eigenvalue weighted by molar-refractivity contribution is -0.124. The number of hydrogen-bond donors (Lipinski definition) is 0. The largest absolute Gasteiger partial charge is 0.387 e. The lowest BCUT2D eigenvalue weighted by atomic mass is 9.87. The summed E-state index contributed by atoms with van der Waals surface area (Å²) in [5.41, 5.74) is 0.367. The highest BCUT2D eigenvalue weighted by Gasteiger charge is 2.45. The van der Waals surface area contributed by atoms with Crippen molar-refractivity contribution in [2.75, 3.05) is 20.1 Å². The summed E-state index contributed by atoms with van der Waals surface area (Å²) >= 11 is 0. The molecule has 1 spiro atoms. The molecule has 1 amide bonds. The molecule has 3 rings (SSSR count). The van der Waals surface area contributed by atoms with Crippen LogP contribution in [0.25, 0.3) is 0 Å². The highest BCUT2D eigenvalue weighted by Crippen LogP contribution is 2.34. The average molecular weight is 365 g/mol. The molecule has 2 heterocycles. The van der Waals surface area contributed by atoms with E-state index in [4.69, 9.17) is 4.84 Å². The summed E-state index contributed by atoms with van der Waals surface area (Å²) < 4.78 is 27.0. The smallest absolute Gasteiger partial charge is 0.271 e. The van der Waals surface area contributed by atoms with Gasteiger partial charge in [0.1, 0.15) is 17.3 Å². The molecule has 7 heteroatoms. The van der Waals surface area contributed by atoms with Gasteiger partial charge in [-0.05, 0) is 39.3 Å². The lowest BCUT2D eigenvalue weighted by Gasteiger charge is -2.38. The van der Waals surface area contributed by atoms with Crippen molar-refractivity contribution in [1.29, 1.82) is 0 Å². The van der Waals surface area contributed by atoms with Crippen molar-refractivity contribution in [3.63, 3.8) is 0 Å². The highest BCUT2D eigenvalue weighted by atomic mass is 19.1. The Kier molecular flexibility index (Phi) is 5.27. The summed E-state index contributed by atoms with van der Waals surface area (Å²) in [5, 5.41) is 4.06. The molecule has 1 atom stereocenters. The molecule has 1 unspecified atom stereocenters. The zero-order valence-corrected chi connectivity index (χ0v) is 15.5. The van der Waals surface area contributed by atoms with Crippen LogP contribution in [-0.2, 0) is 16.2 Å². The van der Waals surface area contributed by atoms with E-state index in [2.05, 4.69) is 10.1 Å². The van der Waals surface area contributed by atoms with Crippen LogP contribution >= 0.6 is 0 Å². The van der Waals surface area contributed by atoms with Crippen molar-refractivity contribution >= 4 is 11.6 Å². The number of nitrogens with zero attached hydrogens (tertiary/aromatic N) is 3. The van der Waals surface area contributed by atoms with Crippen LogP contribution in [0.3, 0.4) is 0 Å². The molecule has 142 valence electrons. The van der Waals surface area contributed by atoms with Crippen molar-refractivity contribution in [1.82, 2.24) is 9.80 Å². The first-order valence-electron chi connectivity index (χ1n) is 8.98. The van der Waals surface area contributed by atoms with E-state index in [1.54, 1.807) is 11.9 Å². The van der Waals surface area contributed by atoms with Gasteiger partial charge in [0.15, 0.2) is 5.60 Å². The van der Waals surface area contributed by atoms with Gasteiger partial charge in [0.25, 0.3) is 5.91 Å². The molecule has 0 saturated carbocycles. The number of carbonyl (C=O) groups excluding carboxylic acids is 1. The predicted molar refractivity (Wildman–Crippen MR) is 94.6 cm³/mol. The number of carbonyl (C=O) groups is 1. The molecule has 0 aliphatic carbocycles. The van der Waals surface area contributed by atoms with Crippen LogP contribution in [0.4, 0.5) is 8.78 Å². The Balaban J connectivity index is 1.65. The molecule has 1 aromatic rings. The third-order valence-electron chi connectivity index (χ3n) is 5.21. The Morgan fingerprint density at radius 1 is 1.42 bits per heavy atom. The first kappa shape index (κ1) is 18.8. The van der Waals surface area contributed by atoms with E-state index in [1.807, 2.05) is 13.8 Å². The van der Waals surface area contributed by atoms with Gasteiger partial charge >= 0.3 is 0 Å². The van der Waals surface area contributed by atoms with Gasteiger partial charge in [0, 0.05) is 44.2 Å². The van der Waals surface area contributed by atoms with E-state index in [9.17, 15) is 13.6 Å². The van der Waals surface area contributed by atoms with Crippen molar-refractivity contribution < 1.29 is 18.4 Å². The van der Waals surface area contributed by atoms with Crippen molar-refractivity contribution in [3.8, 4) is 0 Å². The third kappa shape index (κ3) is 3.87. The summed E-state index contributed by atoms with van der Waals surface area (Å²) in [6.07, 6.45) is 2.15. The second-order valence-corrected chi connectivity index (χ2v) is 7.55. The third-order valence-corrected chi connectivity index (χ3v) is 5.21.